The molecule has 5 aromatic rings. The fraction of sp³-hybridized carbons (Fsp3) is 0.172. The van der Waals surface area contributed by atoms with Crippen LogP contribution in [0.4, 0.5) is 5.69 Å². The number of imidazole rings is 1. The smallest absolute Gasteiger partial charge is 0.181 e. The quantitative estimate of drug-likeness (QED) is 0.225. The van der Waals surface area contributed by atoms with E-state index in [1.165, 1.54) is 12.8 Å². The van der Waals surface area contributed by atoms with Gasteiger partial charge in [0.05, 0.1) is 41.0 Å². The molecule has 184 valence electrons. The Bertz CT molecular complexity index is 1670. The number of anilines is 1. The zero-order chi connectivity index (χ0) is 25.5. The zero-order valence-corrected chi connectivity index (χ0v) is 20.9. The maximum Gasteiger partial charge on any atom is 0.181 e. The van der Waals surface area contributed by atoms with Gasteiger partial charge in [0.2, 0.25) is 0 Å². The molecule has 1 saturated carbocycles. The molecule has 0 atom stereocenters. The minimum Gasteiger partial charge on any atom is -0.358 e. The van der Waals surface area contributed by atoms with Gasteiger partial charge in [-0.05, 0) is 56.9 Å². The number of aromatic amines is 2. The molecule has 37 heavy (non-hydrogen) atoms. The highest BCUT2D eigenvalue weighted by Gasteiger charge is 2.24. The van der Waals surface area contributed by atoms with Crippen molar-refractivity contribution in [2.24, 2.45) is 5.92 Å². The summed E-state index contributed by atoms with van der Waals surface area (Å²) in [6.45, 7) is 12.1. The number of rotatable bonds is 8. The molecule has 0 spiro atoms. The van der Waals surface area contributed by atoms with E-state index in [2.05, 4.69) is 73.7 Å². The van der Waals surface area contributed by atoms with Crippen LogP contribution in [0.15, 0.2) is 80.3 Å². The monoisotopic (exact) mass is 488 g/mol. The Labute approximate surface area is 214 Å². The van der Waals surface area contributed by atoms with Gasteiger partial charge >= 0.3 is 0 Å². The summed E-state index contributed by atoms with van der Waals surface area (Å²) in [6.07, 6.45) is 15.5. The first-order valence-electron chi connectivity index (χ1n) is 12.3. The van der Waals surface area contributed by atoms with E-state index in [0.717, 1.165) is 61.9 Å². The van der Waals surface area contributed by atoms with Gasteiger partial charge in [0, 0.05) is 52.1 Å². The molecule has 5 heterocycles. The third-order valence-corrected chi connectivity index (χ3v) is 6.68. The van der Waals surface area contributed by atoms with Crippen molar-refractivity contribution in [2.75, 3.05) is 5.32 Å². The predicted octanol–water partition coefficient (Wildman–Crippen LogP) is 6.24. The maximum absolute atomic E-state index is 4.62. The van der Waals surface area contributed by atoms with Crippen molar-refractivity contribution in [3.63, 3.8) is 0 Å². The number of nitrogens with one attached hydrogen (secondary N) is 3. The number of pyridine rings is 2. The van der Waals surface area contributed by atoms with Crippen LogP contribution < -0.4 is 5.32 Å². The summed E-state index contributed by atoms with van der Waals surface area (Å²) < 4.78 is 2.01. The lowest BCUT2D eigenvalue weighted by Crippen LogP contribution is -2.00. The van der Waals surface area contributed by atoms with Gasteiger partial charge in [-0.25, -0.2) is 9.97 Å². The predicted molar refractivity (Wildman–Crippen MR) is 148 cm³/mol. The van der Waals surface area contributed by atoms with Gasteiger partial charge in [-0.15, -0.1) is 0 Å². The summed E-state index contributed by atoms with van der Waals surface area (Å²) in [4.78, 5) is 17.0. The van der Waals surface area contributed by atoms with Gasteiger partial charge in [0.15, 0.2) is 5.65 Å². The van der Waals surface area contributed by atoms with E-state index in [0.29, 0.717) is 11.6 Å². The molecule has 0 saturated heterocycles. The van der Waals surface area contributed by atoms with Crippen molar-refractivity contribution >= 4 is 22.4 Å². The molecule has 1 fully saturated rings. The average Bonchev–Trinajstić information content (AvgIpc) is 3.36. The Morgan fingerprint density at radius 1 is 1.11 bits per heavy atom. The molecule has 6 rings (SSSR count). The molecule has 5 aromatic heterocycles. The first kappa shape index (κ1) is 22.7. The number of aryl methyl sites for hydroxylation is 2. The highest BCUT2D eigenvalue weighted by Crippen LogP contribution is 2.36. The van der Waals surface area contributed by atoms with Crippen molar-refractivity contribution in [3.05, 3.63) is 97.3 Å². The van der Waals surface area contributed by atoms with E-state index in [1.807, 2.05) is 48.7 Å². The van der Waals surface area contributed by atoms with Crippen LogP contribution in [0, 0.1) is 19.8 Å². The van der Waals surface area contributed by atoms with Crippen LogP contribution in [0.25, 0.3) is 39.2 Å². The molecule has 0 radical (unpaired) electrons. The minimum atomic E-state index is 0.573. The second-order valence-electron chi connectivity index (χ2n) is 9.51. The number of allylic oxidation sites excluding steroid dienone is 3. The standard InChI is InChI=1S/C29H28N8/c1-5-6-27(37-15-17(2)32-16-37)24-11-26(34-19(24)4)28-25-10-22(13-31-29(25)36-35-28)21-9-23(14-30-12-21)33-18(3)20-7-8-20/h5-6,9-16,20,33-34H,1,3,7-8H2,2,4H3,(H,31,35,36)/b27-6+. The summed E-state index contributed by atoms with van der Waals surface area (Å²) in [5, 5.41) is 12.0. The van der Waals surface area contributed by atoms with Crippen LogP contribution in [-0.2, 0) is 0 Å². The average molecular weight is 489 g/mol. The lowest BCUT2D eigenvalue weighted by Gasteiger charge is -2.09. The Hall–Kier alpha value is -4.72. The molecule has 8 heteroatoms. The second kappa shape index (κ2) is 9.05. The topological polar surface area (TPSA) is 100 Å². The zero-order valence-electron chi connectivity index (χ0n) is 20.9. The molecule has 3 N–H and O–H groups in total. The van der Waals surface area contributed by atoms with Crippen molar-refractivity contribution in [1.82, 2.24) is 34.7 Å². The van der Waals surface area contributed by atoms with Crippen LogP contribution >= 0.6 is 0 Å². The van der Waals surface area contributed by atoms with Gasteiger partial charge in [0.25, 0.3) is 0 Å². The van der Waals surface area contributed by atoms with E-state index in [4.69, 9.17) is 0 Å². The third kappa shape index (κ3) is 4.38. The third-order valence-electron chi connectivity index (χ3n) is 6.68. The molecule has 0 unspecified atom stereocenters. The van der Waals surface area contributed by atoms with Crippen molar-refractivity contribution in [1.29, 1.82) is 0 Å². The van der Waals surface area contributed by atoms with Gasteiger partial charge in [0.1, 0.15) is 0 Å². The first-order chi connectivity index (χ1) is 18.0. The van der Waals surface area contributed by atoms with Crippen LogP contribution in [0.2, 0.25) is 0 Å². The maximum atomic E-state index is 4.62. The van der Waals surface area contributed by atoms with Crippen LogP contribution in [0.1, 0.15) is 29.8 Å². The Morgan fingerprint density at radius 3 is 2.70 bits per heavy atom. The van der Waals surface area contributed by atoms with Gasteiger partial charge in [-0.3, -0.25) is 10.1 Å². The SMILES string of the molecule is C=C/C=C(\c1cc(-c2[nH]nc3ncc(-c4cncc(NC(=C)C5CC5)c4)cc23)[nH]c1C)n1cnc(C)c1. The fourth-order valence-corrected chi connectivity index (χ4v) is 4.59. The summed E-state index contributed by atoms with van der Waals surface area (Å²) in [7, 11) is 0. The number of aromatic nitrogens is 7. The van der Waals surface area contributed by atoms with E-state index in [-0.39, 0.29) is 0 Å². The molecule has 1 aliphatic rings. The fourth-order valence-electron chi connectivity index (χ4n) is 4.59. The number of fused-ring (bicyclic) bond motifs is 1. The lowest BCUT2D eigenvalue weighted by atomic mass is 10.1. The van der Waals surface area contributed by atoms with E-state index >= 15 is 0 Å². The van der Waals surface area contributed by atoms with E-state index < -0.39 is 0 Å². The number of hydrogen-bond donors (Lipinski definition) is 3. The summed E-state index contributed by atoms with van der Waals surface area (Å²) in [5.41, 5.74) is 10.4. The van der Waals surface area contributed by atoms with Crippen LogP contribution in [-0.4, -0.2) is 34.7 Å². The molecular weight excluding hydrogens is 460 g/mol. The lowest BCUT2D eigenvalue weighted by molar-refractivity contribution is 1.02. The van der Waals surface area contributed by atoms with Gasteiger partial charge < -0.3 is 14.9 Å². The molecule has 8 nitrogen and oxygen atoms in total. The van der Waals surface area contributed by atoms with Crippen molar-refractivity contribution in [2.45, 2.75) is 26.7 Å². The highest BCUT2D eigenvalue weighted by atomic mass is 15.2. The first-order valence-corrected chi connectivity index (χ1v) is 12.3. The van der Waals surface area contributed by atoms with Crippen LogP contribution in [0.3, 0.4) is 0 Å². The van der Waals surface area contributed by atoms with Crippen molar-refractivity contribution < 1.29 is 0 Å². The molecular formula is C29H28N8. The number of H-pyrrole nitrogens is 2. The minimum absolute atomic E-state index is 0.573. The Morgan fingerprint density at radius 2 is 1.95 bits per heavy atom. The molecule has 0 aliphatic heterocycles. The molecule has 0 amide bonds. The van der Waals surface area contributed by atoms with Gasteiger partial charge in [-0.2, -0.15) is 5.10 Å². The molecule has 1 aliphatic carbocycles. The number of nitrogens with zero attached hydrogens (tertiary/aromatic N) is 5. The largest absolute Gasteiger partial charge is 0.358 e. The normalized spacial score (nSPS) is 13.7. The molecule has 0 bridgehead atoms. The second-order valence-corrected chi connectivity index (χ2v) is 9.51. The summed E-state index contributed by atoms with van der Waals surface area (Å²) in [6, 6.07) is 6.31. The Kier molecular flexibility index (Phi) is 5.56. The number of hydrogen-bond acceptors (Lipinski definition) is 5. The van der Waals surface area contributed by atoms with Gasteiger partial charge in [-0.1, -0.05) is 19.2 Å². The van der Waals surface area contributed by atoms with E-state index in [1.54, 1.807) is 6.08 Å². The highest BCUT2D eigenvalue weighted by molar-refractivity contribution is 5.93. The van der Waals surface area contributed by atoms with Crippen molar-refractivity contribution in [3.8, 4) is 22.5 Å². The summed E-state index contributed by atoms with van der Waals surface area (Å²) in [5.74, 6) is 0.573. The summed E-state index contributed by atoms with van der Waals surface area (Å²) >= 11 is 0. The Balaban J connectivity index is 1.37. The molecule has 0 aromatic carbocycles. The van der Waals surface area contributed by atoms with Crippen LogP contribution in [0.5, 0.6) is 0 Å². The van der Waals surface area contributed by atoms with E-state index in [9.17, 15) is 0 Å².